The lowest BCUT2D eigenvalue weighted by Crippen LogP contribution is -1.96. The highest BCUT2D eigenvalue weighted by molar-refractivity contribution is 6.33. The van der Waals surface area contributed by atoms with Crippen molar-refractivity contribution in [3.8, 4) is 0 Å². The number of para-hydroxylation sites is 1. The number of hydrogen-bond acceptors (Lipinski definition) is 3. The zero-order valence-electron chi connectivity index (χ0n) is 7.94. The number of nitrogens with zero attached hydrogens (tertiary/aromatic N) is 1. The van der Waals surface area contributed by atoms with E-state index in [0.717, 1.165) is 11.4 Å². The zero-order valence-corrected chi connectivity index (χ0v) is 8.70. The van der Waals surface area contributed by atoms with Crippen molar-refractivity contribution in [1.29, 1.82) is 0 Å². The third-order valence-electron chi connectivity index (χ3n) is 2.00. The summed E-state index contributed by atoms with van der Waals surface area (Å²) >= 11 is 6.00. The average Bonchev–Trinajstić information content (AvgIpc) is 2.24. The van der Waals surface area contributed by atoms with Gasteiger partial charge in [-0.25, -0.2) is 0 Å². The van der Waals surface area contributed by atoms with E-state index in [1.54, 1.807) is 18.5 Å². The Labute approximate surface area is 92.9 Å². The molecule has 0 saturated carbocycles. The first kappa shape index (κ1) is 9.80. The lowest BCUT2D eigenvalue weighted by atomic mass is 10.3. The Morgan fingerprint density at radius 2 is 1.93 bits per heavy atom. The second-order valence-electron chi connectivity index (χ2n) is 3.07. The highest BCUT2D eigenvalue weighted by Gasteiger charge is 2.01. The fourth-order valence-corrected chi connectivity index (χ4v) is 1.40. The van der Waals surface area contributed by atoms with Crippen molar-refractivity contribution in [2.45, 2.75) is 0 Å². The molecular weight excluding hydrogens is 210 g/mol. The van der Waals surface area contributed by atoms with Crippen LogP contribution >= 0.6 is 11.6 Å². The Bertz CT molecular complexity index is 427. The van der Waals surface area contributed by atoms with Crippen molar-refractivity contribution in [1.82, 2.24) is 4.98 Å². The summed E-state index contributed by atoms with van der Waals surface area (Å²) in [6.07, 6.45) is 3.31. The second-order valence-corrected chi connectivity index (χ2v) is 3.47. The number of anilines is 3. The molecule has 0 spiro atoms. The van der Waals surface area contributed by atoms with Crippen LogP contribution in [-0.4, -0.2) is 4.98 Å². The van der Waals surface area contributed by atoms with Gasteiger partial charge in [-0.05, 0) is 18.2 Å². The third kappa shape index (κ3) is 2.19. The van der Waals surface area contributed by atoms with Gasteiger partial charge in [-0.15, -0.1) is 0 Å². The van der Waals surface area contributed by atoms with Gasteiger partial charge in [0, 0.05) is 6.20 Å². The van der Waals surface area contributed by atoms with Crippen molar-refractivity contribution in [2.24, 2.45) is 0 Å². The first-order valence-corrected chi connectivity index (χ1v) is 4.86. The fraction of sp³-hybridized carbons (Fsp3) is 0. The number of rotatable bonds is 2. The summed E-state index contributed by atoms with van der Waals surface area (Å²) in [5.74, 6) is 0. The van der Waals surface area contributed by atoms with Gasteiger partial charge >= 0.3 is 0 Å². The van der Waals surface area contributed by atoms with Crippen LogP contribution in [0.25, 0.3) is 0 Å². The molecule has 1 heterocycles. The Balaban J connectivity index is 2.30. The predicted octanol–water partition coefficient (Wildman–Crippen LogP) is 3.06. The average molecular weight is 220 g/mol. The van der Waals surface area contributed by atoms with E-state index in [0.29, 0.717) is 10.7 Å². The molecule has 0 unspecified atom stereocenters. The minimum absolute atomic E-state index is 0.643. The third-order valence-corrected chi connectivity index (χ3v) is 2.33. The van der Waals surface area contributed by atoms with Gasteiger partial charge < -0.3 is 11.1 Å². The number of hydrogen-bond donors (Lipinski definition) is 2. The lowest BCUT2D eigenvalue weighted by molar-refractivity contribution is 1.32. The summed E-state index contributed by atoms with van der Waals surface area (Å²) in [7, 11) is 0. The van der Waals surface area contributed by atoms with E-state index in [-0.39, 0.29) is 0 Å². The van der Waals surface area contributed by atoms with Gasteiger partial charge in [0.25, 0.3) is 0 Å². The molecule has 0 bridgehead atoms. The molecule has 0 radical (unpaired) electrons. The molecule has 1 aromatic heterocycles. The number of halogens is 1. The van der Waals surface area contributed by atoms with Gasteiger partial charge in [-0.3, -0.25) is 4.98 Å². The minimum atomic E-state index is 0.643. The Morgan fingerprint density at radius 1 is 1.13 bits per heavy atom. The van der Waals surface area contributed by atoms with E-state index in [4.69, 9.17) is 17.3 Å². The van der Waals surface area contributed by atoms with Gasteiger partial charge in [-0.2, -0.15) is 0 Å². The van der Waals surface area contributed by atoms with Crippen LogP contribution in [0.1, 0.15) is 0 Å². The maximum Gasteiger partial charge on any atom is 0.0804 e. The Morgan fingerprint density at radius 3 is 2.67 bits per heavy atom. The van der Waals surface area contributed by atoms with Gasteiger partial charge in [0.05, 0.1) is 28.3 Å². The predicted molar refractivity (Wildman–Crippen MR) is 63.4 cm³/mol. The van der Waals surface area contributed by atoms with Crippen LogP contribution in [0.3, 0.4) is 0 Å². The van der Waals surface area contributed by atoms with Crippen LogP contribution in [0.5, 0.6) is 0 Å². The molecule has 0 aliphatic rings. The highest BCUT2D eigenvalue weighted by atomic mass is 35.5. The molecule has 4 heteroatoms. The summed E-state index contributed by atoms with van der Waals surface area (Å²) < 4.78 is 0. The van der Waals surface area contributed by atoms with Crippen LogP contribution in [0.2, 0.25) is 5.02 Å². The van der Waals surface area contributed by atoms with Crippen molar-refractivity contribution in [3.63, 3.8) is 0 Å². The SMILES string of the molecule is Nc1ccncc1Nc1ccccc1Cl. The van der Waals surface area contributed by atoms with Crippen LogP contribution in [0, 0.1) is 0 Å². The monoisotopic (exact) mass is 219 g/mol. The molecule has 0 atom stereocenters. The van der Waals surface area contributed by atoms with Gasteiger partial charge in [0.1, 0.15) is 0 Å². The van der Waals surface area contributed by atoms with Crippen molar-refractivity contribution >= 4 is 28.7 Å². The van der Waals surface area contributed by atoms with E-state index in [9.17, 15) is 0 Å². The van der Waals surface area contributed by atoms with Crippen molar-refractivity contribution in [3.05, 3.63) is 47.7 Å². The first-order chi connectivity index (χ1) is 7.27. The first-order valence-electron chi connectivity index (χ1n) is 4.48. The Hall–Kier alpha value is -1.74. The van der Waals surface area contributed by atoms with Gasteiger partial charge in [0.2, 0.25) is 0 Å². The summed E-state index contributed by atoms with van der Waals surface area (Å²) in [6, 6.07) is 9.21. The standard InChI is InChI=1S/C11H10ClN3/c12-8-3-1-2-4-10(8)15-11-7-14-6-5-9(11)13/h1-7,15H,(H2,13,14). The molecule has 0 fully saturated rings. The molecule has 3 N–H and O–H groups in total. The number of pyridine rings is 1. The molecule has 3 nitrogen and oxygen atoms in total. The number of nitrogen functional groups attached to an aromatic ring is 1. The molecule has 0 aliphatic heterocycles. The maximum atomic E-state index is 6.00. The van der Waals surface area contributed by atoms with Crippen LogP contribution in [-0.2, 0) is 0 Å². The Kier molecular flexibility index (Phi) is 2.74. The number of nitrogens with one attached hydrogen (secondary N) is 1. The van der Waals surface area contributed by atoms with Crippen molar-refractivity contribution in [2.75, 3.05) is 11.1 Å². The van der Waals surface area contributed by atoms with Gasteiger partial charge in [-0.1, -0.05) is 23.7 Å². The van der Waals surface area contributed by atoms with Gasteiger partial charge in [0.15, 0.2) is 0 Å². The molecule has 76 valence electrons. The van der Waals surface area contributed by atoms with E-state index in [1.807, 2.05) is 24.3 Å². The molecule has 0 aliphatic carbocycles. The van der Waals surface area contributed by atoms with E-state index < -0.39 is 0 Å². The summed E-state index contributed by atoms with van der Waals surface area (Å²) in [5, 5.41) is 3.77. The molecular formula is C11H10ClN3. The van der Waals surface area contributed by atoms with Crippen LogP contribution in [0.4, 0.5) is 17.1 Å². The summed E-state index contributed by atoms with van der Waals surface area (Å²) in [4.78, 5) is 3.99. The lowest BCUT2D eigenvalue weighted by Gasteiger charge is -2.09. The van der Waals surface area contributed by atoms with Crippen LogP contribution < -0.4 is 11.1 Å². The number of aromatic nitrogens is 1. The smallest absolute Gasteiger partial charge is 0.0804 e. The van der Waals surface area contributed by atoms with Crippen molar-refractivity contribution < 1.29 is 0 Å². The zero-order chi connectivity index (χ0) is 10.7. The van der Waals surface area contributed by atoms with E-state index >= 15 is 0 Å². The minimum Gasteiger partial charge on any atom is -0.397 e. The largest absolute Gasteiger partial charge is 0.397 e. The topological polar surface area (TPSA) is 50.9 Å². The molecule has 2 rings (SSSR count). The van der Waals surface area contributed by atoms with E-state index in [2.05, 4.69) is 10.3 Å². The molecule has 0 saturated heterocycles. The van der Waals surface area contributed by atoms with Crippen LogP contribution in [0.15, 0.2) is 42.7 Å². The maximum absolute atomic E-state index is 6.00. The second kappa shape index (κ2) is 4.19. The summed E-state index contributed by atoms with van der Waals surface area (Å²) in [5.41, 5.74) is 7.99. The number of benzene rings is 1. The fourth-order valence-electron chi connectivity index (χ4n) is 1.22. The summed E-state index contributed by atoms with van der Waals surface area (Å²) in [6.45, 7) is 0. The molecule has 0 amide bonds. The highest BCUT2D eigenvalue weighted by Crippen LogP contribution is 2.26. The van der Waals surface area contributed by atoms with E-state index in [1.165, 1.54) is 0 Å². The molecule has 15 heavy (non-hydrogen) atoms. The normalized spacial score (nSPS) is 9.93. The quantitative estimate of drug-likeness (QED) is 0.816. The molecule has 2 aromatic rings. The molecule has 1 aromatic carbocycles. The number of nitrogens with two attached hydrogens (primary N) is 1.